The van der Waals surface area contributed by atoms with Crippen molar-refractivity contribution in [2.75, 3.05) is 20.8 Å². The molecule has 7 nitrogen and oxygen atoms in total. The Morgan fingerprint density at radius 3 is 2.18 bits per heavy atom. The van der Waals surface area contributed by atoms with Crippen LogP contribution < -0.4 is 0 Å². The van der Waals surface area contributed by atoms with Crippen LogP contribution in [0.2, 0.25) is 0 Å². The number of nitrogens with zero attached hydrogens (tertiary/aromatic N) is 1. The quantitative estimate of drug-likeness (QED) is 0.237. The van der Waals surface area contributed by atoms with Crippen LogP contribution in [0.15, 0.2) is 29.3 Å². The summed E-state index contributed by atoms with van der Waals surface area (Å²) < 4.78 is 16.7. The lowest BCUT2D eigenvalue weighted by atomic mass is 9.62. The van der Waals surface area contributed by atoms with E-state index in [1.807, 2.05) is 12.1 Å². The van der Waals surface area contributed by atoms with Crippen molar-refractivity contribution >= 4 is 23.4 Å². The van der Waals surface area contributed by atoms with Gasteiger partial charge in [-0.25, -0.2) is 0 Å². The Morgan fingerprint density at radius 1 is 1.09 bits per heavy atom. The molecule has 0 N–H and O–H groups in total. The average Bonchev–Trinajstić information content (AvgIpc) is 2.82. The van der Waals surface area contributed by atoms with E-state index in [4.69, 9.17) is 14.2 Å². The van der Waals surface area contributed by atoms with Gasteiger partial charge in [0.2, 0.25) is 0 Å². The molecule has 1 atom stereocenters. The summed E-state index contributed by atoms with van der Waals surface area (Å²) in [5.41, 5.74) is 0.896. The molecule has 0 aromatic heterocycles. The van der Waals surface area contributed by atoms with Crippen LogP contribution in [-0.2, 0) is 29.4 Å². The number of Topliss-reactive ketones (excluding diaryl/α,β-unsaturated/α-hetero) is 1. The molecule has 2 bridgehead atoms. The average molecular weight is 472 g/mol. The molecule has 2 aliphatic heterocycles. The Labute approximate surface area is 202 Å². The molecule has 7 heteroatoms. The van der Waals surface area contributed by atoms with E-state index < -0.39 is 17.5 Å². The van der Waals surface area contributed by atoms with Crippen molar-refractivity contribution in [2.45, 2.75) is 77.4 Å². The minimum absolute atomic E-state index is 0.0451. The predicted octanol–water partition coefficient (Wildman–Crippen LogP) is 4.66. The summed E-state index contributed by atoms with van der Waals surface area (Å²) in [6.45, 7) is 7.62. The second kappa shape index (κ2) is 9.98. The van der Waals surface area contributed by atoms with Crippen LogP contribution in [0, 0.1) is 11.3 Å². The van der Waals surface area contributed by atoms with Crippen LogP contribution in [0.4, 0.5) is 0 Å². The summed E-state index contributed by atoms with van der Waals surface area (Å²) in [6.07, 6.45) is 4.96. The minimum Gasteiger partial charge on any atom is -0.469 e. The van der Waals surface area contributed by atoms with Crippen molar-refractivity contribution in [3.8, 4) is 0 Å². The van der Waals surface area contributed by atoms with Crippen molar-refractivity contribution in [3.63, 3.8) is 0 Å². The molecule has 2 saturated heterocycles. The Kier molecular flexibility index (Phi) is 7.65. The zero-order valence-corrected chi connectivity index (χ0v) is 21.2. The van der Waals surface area contributed by atoms with Gasteiger partial charge in [-0.2, -0.15) is 0 Å². The number of methoxy groups -OCH3 is 1. The molecule has 1 aliphatic carbocycles. The van der Waals surface area contributed by atoms with Gasteiger partial charge in [-0.15, -0.1) is 0 Å². The molecule has 186 valence electrons. The maximum Gasteiger partial charge on any atom is 0.323 e. The van der Waals surface area contributed by atoms with Gasteiger partial charge in [0.25, 0.3) is 0 Å². The number of hydrogen-bond donors (Lipinski definition) is 0. The fraction of sp³-hybridized carbons (Fsp3) is 0.630. The number of hydrogen-bond acceptors (Lipinski definition) is 7. The Morgan fingerprint density at radius 2 is 1.71 bits per heavy atom. The molecule has 0 spiro atoms. The van der Waals surface area contributed by atoms with Crippen LogP contribution in [0.1, 0.15) is 82.1 Å². The van der Waals surface area contributed by atoms with Crippen molar-refractivity contribution in [1.29, 1.82) is 0 Å². The smallest absolute Gasteiger partial charge is 0.323 e. The number of esters is 2. The summed E-state index contributed by atoms with van der Waals surface area (Å²) in [6, 6.07) is 7.41. The number of benzene rings is 1. The highest BCUT2D eigenvalue weighted by Gasteiger charge is 2.50. The van der Waals surface area contributed by atoms with Gasteiger partial charge < -0.3 is 14.2 Å². The standard InChI is InChI=1S/C27H37NO6/c1-18(28-5)22(24(31)34-25(2,3)4)23(30)19-7-9-20(10-8-19)27-15-13-26(14-16-27,17-33-27)12-11-21(29)32-6/h7-10,22H,11-17H2,1-6H3/b28-18+. The first kappa shape index (κ1) is 26.1. The van der Waals surface area contributed by atoms with E-state index in [0.717, 1.165) is 37.7 Å². The lowest BCUT2D eigenvalue weighted by molar-refractivity contribution is -0.192. The maximum absolute atomic E-state index is 13.3. The normalized spacial score (nSPS) is 25.5. The monoisotopic (exact) mass is 471 g/mol. The van der Waals surface area contributed by atoms with Crippen LogP contribution in [-0.4, -0.2) is 49.8 Å². The van der Waals surface area contributed by atoms with E-state index in [1.54, 1.807) is 46.9 Å². The SMILES string of the molecule is C/N=C(\C)C(C(=O)OC(C)(C)C)C(=O)c1ccc(C23CCC(CCC(=O)OC)(CC2)CO3)cc1. The molecule has 1 saturated carbocycles. The van der Waals surface area contributed by atoms with E-state index in [9.17, 15) is 14.4 Å². The molecular formula is C27H37NO6. The first-order valence-electron chi connectivity index (χ1n) is 12.0. The van der Waals surface area contributed by atoms with E-state index in [2.05, 4.69) is 4.99 Å². The van der Waals surface area contributed by atoms with Gasteiger partial charge in [-0.3, -0.25) is 19.4 Å². The number of ketones is 1. The van der Waals surface area contributed by atoms with E-state index in [0.29, 0.717) is 24.3 Å². The van der Waals surface area contributed by atoms with Gasteiger partial charge in [0.15, 0.2) is 11.7 Å². The number of rotatable bonds is 8. The third-order valence-corrected chi connectivity index (χ3v) is 7.23. The highest BCUT2D eigenvalue weighted by atomic mass is 16.6. The van der Waals surface area contributed by atoms with Gasteiger partial charge in [0, 0.05) is 24.7 Å². The highest BCUT2D eigenvalue weighted by Crippen LogP contribution is 2.55. The summed E-state index contributed by atoms with van der Waals surface area (Å²) in [7, 11) is 2.99. The second-order valence-corrected chi connectivity index (χ2v) is 10.6. The van der Waals surface area contributed by atoms with E-state index in [1.165, 1.54) is 7.11 Å². The molecule has 4 rings (SSSR count). The van der Waals surface area contributed by atoms with Gasteiger partial charge in [-0.05, 0) is 70.8 Å². The van der Waals surface area contributed by atoms with E-state index in [-0.39, 0.29) is 22.8 Å². The van der Waals surface area contributed by atoms with Gasteiger partial charge in [-0.1, -0.05) is 24.3 Å². The van der Waals surface area contributed by atoms with Gasteiger partial charge in [0.05, 0.1) is 19.3 Å². The summed E-state index contributed by atoms with van der Waals surface area (Å²) in [4.78, 5) is 41.7. The topological polar surface area (TPSA) is 91.3 Å². The van der Waals surface area contributed by atoms with Crippen LogP contribution in [0.3, 0.4) is 0 Å². The maximum atomic E-state index is 13.3. The first-order valence-corrected chi connectivity index (χ1v) is 12.0. The zero-order chi connectivity index (χ0) is 25.1. The molecular weight excluding hydrogens is 434 g/mol. The predicted molar refractivity (Wildman–Crippen MR) is 129 cm³/mol. The molecule has 1 aromatic rings. The molecule has 0 amide bonds. The Balaban J connectivity index is 1.73. The third-order valence-electron chi connectivity index (χ3n) is 7.23. The molecule has 3 aliphatic rings. The van der Waals surface area contributed by atoms with Crippen molar-refractivity contribution in [3.05, 3.63) is 35.4 Å². The van der Waals surface area contributed by atoms with Gasteiger partial charge in [0.1, 0.15) is 5.60 Å². The zero-order valence-electron chi connectivity index (χ0n) is 21.2. The summed E-state index contributed by atoms with van der Waals surface area (Å²) in [5.74, 6) is -2.15. The lowest BCUT2D eigenvalue weighted by Gasteiger charge is -2.53. The molecule has 1 unspecified atom stereocenters. The fourth-order valence-corrected chi connectivity index (χ4v) is 4.99. The molecule has 2 heterocycles. The molecule has 0 radical (unpaired) electrons. The Hall–Kier alpha value is -2.54. The number of carbonyl (C=O) groups excluding carboxylic acids is 3. The fourth-order valence-electron chi connectivity index (χ4n) is 4.99. The number of ether oxygens (including phenoxy) is 3. The highest BCUT2D eigenvalue weighted by molar-refractivity contribution is 6.23. The summed E-state index contributed by atoms with van der Waals surface area (Å²) >= 11 is 0. The molecule has 1 aromatic carbocycles. The van der Waals surface area contributed by atoms with Crippen molar-refractivity contribution < 1.29 is 28.6 Å². The summed E-state index contributed by atoms with van der Waals surface area (Å²) in [5, 5.41) is 0. The van der Waals surface area contributed by atoms with Crippen molar-refractivity contribution in [1.82, 2.24) is 0 Å². The first-order chi connectivity index (χ1) is 15.9. The van der Waals surface area contributed by atoms with Crippen LogP contribution in [0.25, 0.3) is 0 Å². The van der Waals surface area contributed by atoms with Crippen LogP contribution in [0.5, 0.6) is 0 Å². The molecule has 34 heavy (non-hydrogen) atoms. The lowest BCUT2D eigenvalue weighted by Crippen LogP contribution is -2.49. The number of aliphatic imine (C=N–C) groups is 1. The number of carbonyl (C=O) groups is 3. The minimum atomic E-state index is -1.07. The number of fused-ring (bicyclic) bond motifs is 3. The van der Waals surface area contributed by atoms with Gasteiger partial charge >= 0.3 is 11.9 Å². The second-order valence-electron chi connectivity index (χ2n) is 10.6. The molecule has 3 fully saturated rings. The largest absolute Gasteiger partial charge is 0.469 e. The Bertz CT molecular complexity index is 932. The van der Waals surface area contributed by atoms with Crippen molar-refractivity contribution in [2.24, 2.45) is 16.3 Å². The van der Waals surface area contributed by atoms with E-state index >= 15 is 0 Å². The van der Waals surface area contributed by atoms with Crippen LogP contribution >= 0.6 is 0 Å². The third kappa shape index (κ3) is 5.57.